The highest BCUT2D eigenvalue weighted by atomic mass is 19.4. The summed E-state index contributed by atoms with van der Waals surface area (Å²) in [4.78, 5) is 10.2. The fourth-order valence-electron chi connectivity index (χ4n) is 5.10. The summed E-state index contributed by atoms with van der Waals surface area (Å²) in [6, 6.07) is 10.0. The number of pyridine rings is 1. The maximum Gasteiger partial charge on any atom is 0.411 e. The van der Waals surface area contributed by atoms with Gasteiger partial charge in [0.2, 0.25) is 0 Å². The molecule has 1 fully saturated rings. The summed E-state index contributed by atoms with van der Waals surface area (Å²) >= 11 is 0. The van der Waals surface area contributed by atoms with Gasteiger partial charge in [-0.15, -0.1) is 0 Å². The number of nitrogens with zero attached hydrogens (tertiary/aromatic N) is 4. The molecule has 4 aromatic rings. The third kappa shape index (κ3) is 3.86. The second kappa shape index (κ2) is 8.09. The standard InChI is InChI=1S/C25H24F4N4/c1-15-4-3-5-21-22(15)31-24(32(21)2)23(25(27,28)29)33-12-9-16(10-13-33)18-8-11-30-20-7-6-17(26)14-19(18)20/h3-8,11,14,16,23H,9-10,12-13H2,1-2H3. The number of hydrogen-bond donors (Lipinski definition) is 0. The van der Waals surface area contributed by atoms with E-state index in [0.29, 0.717) is 29.4 Å². The van der Waals surface area contributed by atoms with Gasteiger partial charge in [-0.1, -0.05) is 12.1 Å². The molecule has 5 rings (SSSR count). The quantitative estimate of drug-likeness (QED) is 0.352. The highest BCUT2D eigenvalue weighted by Gasteiger charge is 2.48. The van der Waals surface area contributed by atoms with Crippen LogP contribution in [0.1, 0.15) is 41.8 Å². The molecule has 33 heavy (non-hydrogen) atoms. The Labute approximate surface area is 188 Å². The van der Waals surface area contributed by atoms with Crippen molar-refractivity contribution in [2.75, 3.05) is 13.1 Å². The third-order valence-corrected chi connectivity index (χ3v) is 6.77. The Bertz CT molecular complexity index is 1320. The van der Waals surface area contributed by atoms with Crippen molar-refractivity contribution in [3.63, 3.8) is 0 Å². The van der Waals surface area contributed by atoms with Crippen LogP contribution in [-0.4, -0.2) is 38.7 Å². The number of aryl methyl sites for hydroxylation is 2. The first kappa shape index (κ1) is 21.8. The number of para-hydroxylation sites is 1. The molecule has 0 saturated carbocycles. The van der Waals surface area contributed by atoms with E-state index < -0.39 is 12.2 Å². The van der Waals surface area contributed by atoms with Crippen molar-refractivity contribution < 1.29 is 17.6 Å². The van der Waals surface area contributed by atoms with E-state index in [0.717, 1.165) is 16.5 Å². The van der Waals surface area contributed by atoms with Crippen LogP contribution in [0, 0.1) is 12.7 Å². The molecule has 1 unspecified atom stereocenters. The Kier molecular flexibility index (Phi) is 5.35. The Hall–Kier alpha value is -3.00. The molecular formula is C25H24F4N4. The van der Waals surface area contributed by atoms with E-state index in [1.165, 1.54) is 17.0 Å². The van der Waals surface area contributed by atoms with Gasteiger partial charge in [0.15, 0.2) is 6.04 Å². The normalized spacial score (nSPS) is 17.2. The minimum atomic E-state index is -4.46. The molecule has 1 saturated heterocycles. The number of fused-ring (bicyclic) bond motifs is 2. The van der Waals surface area contributed by atoms with E-state index in [2.05, 4.69) is 9.97 Å². The number of alkyl halides is 3. The minimum absolute atomic E-state index is 0.0154. The predicted molar refractivity (Wildman–Crippen MR) is 119 cm³/mol. The van der Waals surface area contributed by atoms with Crippen molar-refractivity contribution in [2.45, 2.75) is 37.9 Å². The summed E-state index contributed by atoms with van der Waals surface area (Å²) in [5, 5.41) is 0.731. The van der Waals surface area contributed by atoms with Gasteiger partial charge in [-0.2, -0.15) is 13.2 Å². The van der Waals surface area contributed by atoms with Gasteiger partial charge in [-0.25, -0.2) is 9.37 Å². The fraction of sp³-hybridized carbons (Fsp3) is 0.360. The predicted octanol–water partition coefficient (Wildman–Crippen LogP) is 6.05. The Morgan fingerprint density at radius 1 is 1.06 bits per heavy atom. The average molecular weight is 456 g/mol. The smallest absolute Gasteiger partial charge is 0.329 e. The molecule has 4 nitrogen and oxygen atoms in total. The van der Waals surface area contributed by atoms with Gasteiger partial charge < -0.3 is 4.57 Å². The molecule has 0 radical (unpaired) electrons. The first-order chi connectivity index (χ1) is 15.7. The van der Waals surface area contributed by atoms with E-state index >= 15 is 0 Å². The topological polar surface area (TPSA) is 34.0 Å². The molecule has 0 N–H and O–H groups in total. The summed E-state index contributed by atoms with van der Waals surface area (Å²) < 4.78 is 58.4. The Morgan fingerprint density at radius 2 is 1.82 bits per heavy atom. The minimum Gasteiger partial charge on any atom is -0.329 e. The maximum absolute atomic E-state index is 14.3. The summed E-state index contributed by atoms with van der Waals surface area (Å²) in [7, 11) is 1.65. The molecular weight excluding hydrogens is 432 g/mol. The van der Waals surface area contributed by atoms with E-state index in [9.17, 15) is 17.6 Å². The van der Waals surface area contributed by atoms with Gasteiger partial charge in [0.1, 0.15) is 11.6 Å². The van der Waals surface area contributed by atoms with Crippen LogP contribution >= 0.6 is 0 Å². The monoisotopic (exact) mass is 456 g/mol. The lowest BCUT2D eigenvalue weighted by atomic mass is 9.87. The van der Waals surface area contributed by atoms with Gasteiger partial charge in [0.25, 0.3) is 0 Å². The molecule has 2 aromatic carbocycles. The molecule has 2 aromatic heterocycles. The number of benzene rings is 2. The summed E-state index contributed by atoms with van der Waals surface area (Å²) in [5.74, 6) is -0.282. The number of rotatable bonds is 3. The molecule has 0 aliphatic carbocycles. The van der Waals surface area contributed by atoms with E-state index in [1.54, 1.807) is 29.9 Å². The molecule has 3 heterocycles. The number of piperidine rings is 1. The first-order valence-electron chi connectivity index (χ1n) is 11.0. The zero-order valence-corrected chi connectivity index (χ0v) is 18.4. The Morgan fingerprint density at radius 3 is 2.52 bits per heavy atom. The van der Waals surface area contributed by atoms with Crippen molar-refractivity contribution in [1.82, 2.24) is 19.4 Å². The van der Waals surface area contributed by atoms with Crippen LogP contribution in [-0.2, 0) is 7.05 Å². The second-order valence-corrected chi connectivity index (χ2v) is 8.79. The molecule has 1 aliphatic heterocycles. The molecule has 172 valence electrons. The summed E-state index contributed by atoms with van der Waals surface area (Å²) in [6.45, 7) is 2.40. The summed E-state index contributed by atoms with van der Waals surface area (Å²) in [6.07, 6.45) is -1.68. The van der Waals surface area contributed by atoms with Crippen molar-refractivity contribution >= 4 is 21.9 Å². The number of hydrogen-bond acceptors (Lipinski definition) is 3. The lowest BCUT2D eigenvalue weighted by Crippen LogP contribution is -2.44. The van der Waals surface area contributed by atoms with E-state index in [1.807, 2.05) is 25.1 Å². The van der Waals surface area contributed by atoms with Crippen molar-refractivity contribution in [2.24, 2.45) is 7.05 Å². The van der Waals surface area contributed by atoms with Crippen molar-refractivity contribution in [3.05, 3.63) is 71.4 Å². The average Bonchev–Trinajstić information content (AvgIpc) is 3.10. The molecule has 0 spiro atoms. The lowest BCUT2D eigenvalue weighted by Gasteiger charge is -2.38. The molecule has 1 aliphatic rings. The summed E-state index contributed by atoms with van der Waals surface area (Å²) in [5.41, 5.74) is 3.79. The van der Waals surface area contributed by atoms with Gasteiger partial charge in [-0.3, -0.25) is 9.88 Å². The number of imidazole rings is 1. The third-order valence-electron chi connectivity index (χ3n) is 6.77. The molecule has 0 bridgehead atoms. The second-order valence-electron chi connectivity index (χ2n) is 8.79. The van der Waals surface area contributed by atoms with Crippen LogP contribution in [0.25, 0.3) is 21.9 Å². The first-order valence-corrected chi connectivity index (χ1v) is 11.0. The van der Waals surface area contributed by atoms with Crippen LogP contribution in [0.4, 0.5) is 17.6 Å². The lowest BCUT2D eigenvalue weighted by molar-refractivity contribution is -0.191. The van der Waals surface area contributed by atoms with Crippen LogP contribution in [0.15, 0.2) is 48.7 Å². The van der Waals surface area contributed by atoms with Gasteiger partial charge in [0, 0.05) is 18.6 Å². The van der Waals surface area contributed by atoms with Gasteiger partial charge >= 0.3 is 6.18 Å². The number of halogens is 4. The van der Waals surface area contributed by atoms with E-state index in [-0.39, 0.29) is 30.6 Å². The van der Waals surface area contributed by atoms with Crippen LogP contribution < -0.4 is 0 Å². The van der Waals surface area contributed by atoms with Crippen molar-refractivity contribution in [1.29, 1.82) is 0 Å². The van der Waals surface area contributed by atoms with Crippen LogP contribution in [0.3, 0.4) is 0 Å². The zero-order chi connectivity index (χ0) is 23.3. The highest BCUT2D eigenvalue weighted by Crippen LogP contribution is 2.42. The SMILES string of the molecule is Cc1cccc2c1nc(C(N1CCC(c3ccnc4ccc(F)cc34)CC1)C(F)(F)F)n2C. The number of aromatic nitrogens is 3. The molecule has 1 atom stereocenters. The van der Waals surface area contributed by atoms with Gasteiger partial charge in [-0.05, 0) is 80.2 Å². The van der Waals surface area contributed by atoms with Crippen molar-refractivity contribution in [3.8, 4) is 0 Å². The van der Waals surface area contributed by atoms with Crippen LogP contribution in [0.2, 0.25) is 0 Å². The highest BCUT2D eigenvalue weighted by molar-refractivity contribution is 5.82. The van der Waals surface area contributed by atoms with Gasteiger partial charge in [0.05, 0.1) is 16.6 Å². The maximum atomic E-state index is 14.3. The van der Waals surface area contributed by atoms with Crippen LogP contribution in [0.5, 0.6) is 0 Å². The number of likely N-dealkylation sites (tertiary alicyclic amines) is 1. The zero-order valence-electron chi connectivity index (χ0n) is 18.4. The van der Waals surface area contributed by atoms with E-state index in [4.69, 9.17) is 0 Å². The molecule has 0 amide bonds. The molecule has 8 heteroatoms. The largest absolute Gasteiger partial charge is 0.411 e. The fourth-order valence-corrected chi connectivity index (χ4v) is 5.10. The Balaban J connectivity index is 1.45.